The molecule has 0 saturated carbocycles. The SMILES string of the molecule is COCCn1c(C(=O)OC)c(NC(=O)c2ccco2)c2cc(NC(C)CC(F)(F)F)cnc21. The number of nitrogens with one attached hydrogen (secondary N) is 2. The summed E-state index contributed by atoms with van der Waals surface area (Å²) in [4.78, 5) is 29.7. The Bertz CT molecular complexity index is 1130. The maximum absolute atomic E-state index is 12.7. The lowest BCUT2D eigenvalue weighted by Crippen LogP contribution is -2.23. The van der Waals surface area contributed by atoms with E-state index in [4.69, 9.17) is 13.9 Å². The molecule has 1 unspecified atom stereocenters. The van der Waals surface area contributed by atoms with E-state index >= 15 is 0 Å². The monoisotopic (exact) mass is 468 g/mol. The molecule has 3 aromatic rings. The first-order valence-electron chi connectivity index (χ1n) is 9.92. The standard InChI is InChI=1S/C21H23F3N4O5/c1-12(10-21(22,23)24)26-13-9-14-16(27-19(29)15-5-4-7-33-15)17(20(30)32-3)28(6-8-31-2)18(14)25-11-13/h4-5,7,9,11-12,26H,6,8,10H2,1-3H3,(H,27,29). The van der Waals surface area contributed by atoms with Crippen molar-refractivity contribution < 1.29 is 36.7 Å². The summed E-state index contributed by atoms with van der Waals surface area (Å²) in [5.74, 6) is -1.36. The molecule has 33 heavy (non-hydrogen) atoms. The number of esters is 1. The first-order chi connectivity index (χ1) is 15.6. The fourth-order valence-electron chi connectivity index (χ4n) is 3.41. The summed E-state index contributed by atoms with van der Waals surface area (Å²) in [6.07, 6.45) is -2.70. The van der Waals surface area contributed by atoms with E-state index in [1.807, 2.05) is 0 Å². The van der Waals surface area contributed by atoms with E-state index in [2.05, 4.69) is 15.6 Å². The topological polar surface area (TPSA) is 108 Å². The van der Waals surface area contributed by atoms with Crippen molar-refractivity contribution >= 4 is 34.3 Å². The summed E-state index contributed by atoms with van der Waals surface area (Å²) in [6.45, 7) is 1.82. The lowest BCUT2D eigenvalue weighted by Gasteiger charge is -2.17. The predicted octanol–water partition coefficient (Wildman–Crippen LogP) is 4.07. The van der Waals surface area contributed by atoms with Crippen LogP contribution in [0.3, 0.4) is 0 Å². The van der Waals surface area contributed by atoms with Crippen LogP contribution < -0.4 is 10.6 Å². The number of anilines is 2. The van der Waals surface area contributed by atoms with E-state index < -0.39 is 30.5 Å². The third-order valence-corrected chi connectivity index (χ3v) is 4.73. The molecule has 2 N–H and O–H groups in total. The second-order valence-corrected chi connectivity index (χ2v) is 7.25. The molecular weight excluding hydrogens is 445 g/mol. The van der Waals surface area contributed by atoms with Crippen molar-refractivity contribution in [2.45, 2.75) is 32.1 Å². The second-order valence-electron chi connectivity index (χ2n) is 7.25. The normalized spacial score (nSPS) is 12.5. The Morgan fingerprint density at radius 3 is 2.67 bits per heavy atom. The molecule has 178 valence electrons. The Morgan fingerprint density at radius 1 is 1.30 bits per heavy atom. The van der Waals surface area contributed by atoms with Crippen molar-refractivity contribution in [2.75, 3.05) is 31.5 Å². The van der Waals surface area contributed by atoms with Gasteiger partial charge in [0, 0.05) is 25.1 Å². The van der Waals surface area contributed by atoms with Gasteiger partial charge in [0.15, 0.2) is 11.5 Å². The minimum absolute atomic E-state index is 0.00430. The second kappa shape index (κ2) is 9.94. The van der Waals surface area contributed by atoms with Crippen LogP contribution in [0.2, 0.25) is 0 Å². The number of rotatable bonds is 9. The van der Waals surface area contributed by atoms with Gasteiger partial charge in [0.1, 0.15) is 5.65 Å². The molecule has 0 radical (unpaired) electrons. The first-order valence-corrected chi connectivity index (χ1v) is 9.92. The lowest BCUT2D eigenvalue weighted by molar-refractivity contribution is -0.136. The summed E-state index contributed by atoms with van der Waals surface area (Å²) in [6, 6.07) is 3.56. The van der Waals surface area contributed by atoms with Crippen molar-refractivity contribution in [3.8, 4) is 0 Å². The van der Waals surface area contributed by atoms with Crippen LogP contribution in [0.5, 0.6) is 0 Å². The number of furan rings is 1. The molecule has 3 heterocycles. The number of nitrogens with zero attached hydrogens (tertiary/aromatic N) is 2. The number of ether oxygens (including phenoxy) is 2. The number of methoxy groups -OCH3 is 2. The maximum atomic E-state index is 12.7. The molecule has 0 spiro atoms. The van der Waals surface area contributed by atoms with Crippen LogP contribution in [-0.4, -0.2) is 54.5 Å². The zero-order valence-electron chi connectivity index (χ0n) is 18.2. The van der Waals surface area contributed by atoms with Gasteiger partial charge < -0.3 is 29.1 Å². The fourth-order valence-corrected chi connectivity index (χ4v) is 3.41. The van der Waals surface area contributed by atoms with Gasteiger partial charge in [-0.1, -0.05) is 0 Å². The van der Waals surface area contributed by atoms with Crippen LogP contribution in [-0.2, 0) is 16.0 Å². The summed E-state index contributed by atoms with van der Waals surface area (Å²) < 4.78 is 54.8. The quantitative estimate of drug-likeness (QED) is 0.456. The number of aromatic nitrogens is 2. The van der Waals surface area contributed by atoms with Crippen molar-refractivity contribution in [1.29, 1.82) is 0 Å². The molecule has 3 rings (SSSR count). The van der Waals surface area contributed by atoms with E-state index in [9.17, 15) is 22.8 Å². The van der Waals surface area contributed by atoms with Gasteiger partial charge in [-0.05, 0) is 25.1 Å². The molecule has 0 aliphatic carbocycles. The Morgan fingerprint density at radius 2 is 2.06 bits per heavy atom. The van der Waals surface area contributed by atoms with Crippen molar-refractivity contribution in [2.24, 2.45) is 0 Å². The molecule has 1 amide bonds. The average molecular weight is 468 g/mol. The summed E-state index contributed by atoms with van der Waals surface area (Å²) in [5.41, 5.74) is 0.704. The summed E-state index contributed by atoms with van der Waals surface area (Å²) in [7, 11) is 2.68. The average Bonchev–Trinajstić information content (AvgIpc) is 3.37. The number of amides is 1. The molecule has 0 bridgehead atoms. The van der Waals surface area contributed by atoms with Crippen LogP contribution in [0, 0.1) is 0 Å². The van der Waals surface area contributed by atoms with Gasteiger partial charge >= 0.3 is 12.1 Å². The van der Waals surface area contributed by atoms with E-state index in [0.29, 0.717) is 11.0 Å². The third-order valence-electron chi connectivity index (χ3n) is 4.73. The molecule has 0 aliphatic rings. The number of halogens is 3. The number of pyridine rings is 1. The summed E-state index contributed by atoms with van der Waals surface area (Å²) in [5, 5.41) is 5.72. The Kier molecular flexibility index (Phi) is 7.26. The Balaban J connectivity index is 2.10. The van der Waals surface area contributed by atoms with Crippen molar-refractivity contribution in [3.05, 3.63) is 42.1 Å². The van der Waals surface area contributed by atoms with Crippen LogP contribution in [0.25, 0.3) is 11.0 Å². The van der Waals surface area contributed by atoms with Crippen molar-refractivity contribution in [3.63, 3.8) is 0 Å². The van der Waals surface area contributed by atoms with Gasteiger partial charge in [-0.15, -0.1) is 0 Å². The number of hydrogen-bond acceptors (Lipinski definition) is 7. The molecular formula is C21H23F3N4O5. The zero-order valence-corrected chi connectivity index (χ0v) is 18.2. The zero-order chi connectivity index (χ0) is 24.2. The van der Waals surface area contributed by atoms with Crippen LogP contribution in [0.4, 0.5) is 24.5 Å². The highest BCUT2D eigenvalue weighted by Gasteiger charge is 2.30. The molecule has 0 fully saturated rings. The minimum atomic E-state index is -4.34. The van der Waals surface area contributed by atoms with E-state index in [1.54, 1.807) is 0 Å². The highest BCUT2D eigenvalue weighted by atomic mass is 19.4. The van der Waals surface area contributed by atoms with Crippen molar-refractivity contribution in [1.82, 2.24) is 9.55 Å². The Hall–Kier alpha value is -3.54. The third kappa shape index (κ3) is 5.64. The van der Waals surface area contributed by atoms with Crippen LogP contribution in [0.15, 0.2) is 35.1 Å². The van der Waals surface area contributed by atoms with Gasteiger partial charge in [0.2, 0.25) is 0 Å². The molecule has 9 nitrogen and oxygen atoms in total. The smallest absolute Gasteiger partial charge is 0.391 e. The number of alkyl halides is 3. The summed E-state index contributed by atoms with van der Waals surface area (Å²) >= 11 is 0. The van der Waals surface area contributed by atoms with E-state index in [-0.39, 0.29) is 36.0 Å². The van der Waals surface area contributed by atoms with Gasteiger partial charge in [0.25, 0.3) is 5.91 Å². The Labute approximate surface area is 186 Å². The highest BCUT2D eigenvalue weighted by Crippen LogP contribution is 2.33. The molecule has 0 aliphatic heterocycles. The van der Waals surface area contributed by atoms with E-state index in [0.717, 1.165) is 0 Å². The number of fused-ring (bicyclic) bond motifs is 1. The number of carbonyl (C=O) groups excluding carboxylic acids is 2. The van der Waals surface area contributed by atoms with Gasteiger partial charge in [0.05, 0.1) is 44.0 Å². The molecule has 0 aromatic carbocycles. The lowest BCUT2D eigenvalue weighted by atomic mass is 10.2. The molecule has 12 heteroatoms. The van der Waals surface area contributed by atoms with Crippen LogP contribution >= 0.6 is 0 Å². The highest BCUT2D eigenvalue weighted by molar-refractivity contribution is 6.14. The first kappa shape index (κ1) is 24.1. The van der Waals surface area contributed by atoms with Crippen LogP contribution in [0.1, 0.15) is 34.4 Å². The predicted molar refractivity (Wildman–Crippen MR) is 113 cm³/mol. The van der Waals surface area contributed by atoms with Gasteiger partial charge in [-0.2, -0.15) is 13.2 Å². The number of hydrogen-bond donors (Lipinski definition) is 2. The number of carbonyl (C=O) groups is 2. The molecule has 0 saturated heterocycles. The van der Waals surface area contributed by atoms with Gasteiger partial charge in [-0.3, -0.25) is 4.79 Å². The van der Waals surface area contributed by atoms with E-state index in [1.165, 1.54) is 56.4 Å². The molecule has 1 atom stereocenters. The molecule has 3 aromatic heterocycles. The minimum Gasteiger partial charge on any atom is -0.464 e. The maximum Gasteiger partial charge on any atom is 0.391 e. The van der Waals surface area contributed by atoms with Gasteiger partial charge in [-0.25, -0.2) is 9.78 Å². The largest absolute Gasteiger partial charge is 0.464 e. The fraction of sp³-hybridized carbons (Fsp3) is 0.381.